The Labute approximate surface area is 114 Å². The summed E-state index contributed by atoms with van der Waals surface area (Å²) in [5.41, 5.74) is 6.90. The summed E-state index contributed by atoms with van der Waals surface area (Å²) in [5, 5.41) is 0. The average molecular weight is 280 g/mol. The predicted octanol–water partition coefficient (Wildman–Crippen LogP) is 1.65. The summed E-state index contributed by atoms with van der Waals surface area (Å²) in [7, 11) is 1.74. The molecule has 1 heterocycles. The van der Waals surface area contributed by atoms with Crippen molar-refractivity contribution in [3.63, 3.8) is 0 Å². The van der Waals surface area contributed by atoms with Crippen LogP contribution in [0.5, 0.6) is 0 Å². The van der Waals surface area contributed by atoms with Gasteiger partial charge < -0.3 is 10.6 Å². The molecular weight excluding hydrogens is 261 g/mol. The molecule has 0 aliphatic heterocycles. The van der Waals surface area contributed by atoms with Crippen molar-refractivity contribution in [2.75, 3.05) is 13.6 Å². The summed E-state index contributed by atoms with van der Waals surface area (Å²) >= 11 is 0. The van der Waals surface area contributed by atoms with Crippen LogP contribution in [0.25, 0.3) is 0 Å². The highest BCUT2D eigenvalue weighted by atomic mass is 35.5. The fourth-order valence-corrected chi connectivity index (χ4v) is 1.23. The number of hydrogen-bond acceptors (Lipinski definition) is 3. The molecule has 1 unspecified atom stereocenters. The lowest BCUT2D eigenvalue weighted by atomic mass is 10.2. The number of likely N-dealkylation sites (N-methyl/N-ethyl adjacent to an activating group) is 1. The zero-order valence-corrected chi connectivity index (χ0v) is 11.8. The van der Waals surface area contributed by atoms with Crippen molar-refractivity contribution in [2.45, 2.75) is 19.9 Å². The van der Waals surface area contributed by atoms with Crippen LogP contribution in [-0.4, -0.2) is 35.4 Å². The Morgan fingerprint density at radius 2 is 2.12 bits per heavy atom. The van der Waals surface area contributed by atoms with Gasteiger partial charge in [-0.05, 0) is 25.5 Å². The molecule has 0 bridgehead atoms. The zero-order valence-electron chi connectivity index (χ0n) is 10.2. The molecule has 0 saturated heterocycles. The van der Waals surface area contributed by atoms with Gasteiger partial charge in [-0.1, -0.05) is 6.07 Å². The van der Waals surface area contributed by atoms with Crippen LogP contribution in [0.4, 0.5) is 0 Å². The number of nitrogens with zero attached hydrogens (tertiary/aromatic N) is 2. The van der Waals surface area contributed by atoms with Crippen LogP contribution in [0.1, 0.15) is 23.0 Å². The molecule has 17 heavy (non-hydrogen) atoms. The van der Waals surface area contributed by atoms with E-state index in [9.17, 15) is 4.79 Å². The van der Waals surface area contributed by atoms with E-state index in [1.165, 1.54) is 0 Å². The van der Waals surface area contributed by atoms with Crippen molar-refractivity contribution in [2.24, 2.45) is 5.73 Å². The van der Waals surface area contributed by atoms with Gasteiger partial charge in [-0.15, -0.1) is 24.8 Å². The Bertz CT molecular complexity index is 360. The summed E-state index contributed by atoms with van der Waals surface area (Å²) < 4.78 is 0. The Morgan fingerprint density at radius 3 is 2.59 bits per heavy atom. The Balaban J connectivity index is 0. The van der Waals surface area contributed by atoms with E-state index in [0.29, 0.717) is 12.2 Å². The van der Waals surface area contributed by atoms with E-state index < -0.39 is 0 Å². The van der Waals surface area contributed by atoms with Crippen LogP contribution in [0, 0.1) is 6.92 Å². The summed E-state index contributed by atoms with van der Waals surface area (Å²) in [6, 6.07) is 3.72. The summed E-state index contributed by atoms with van der Waals surface area (Å²) in [5.74, 6) is -0.0777. The molecule has 2 N–H and O–H groups in total. The lowest BCUT2D eigenvalue weighted by molar-refractivity contribution is 0.0741. The summed E-state index contributed by atoms with van der Waals surface area (Å²) in [6.07, 6.45) is 1.63. The third-order valence-corrected chi connectivity index (χ3v) is 2.53. The first-order valence-corrected chi connectivity index (χ1v) is 4.96. The molecule has 1 aromatic heterocycles. The highest BCUT2D eigenvalue weighted by Crippen LogP contribution is 2.08. The molecule has 6 heteroatoms. The van der Waals surface area contributed by atoms with Crippen LogP contribution < -0.4 is 5.73 Å². The van der Waals surface area contributed by atoms with E-state index >= 15 is 0 Å². The van der Waals surface area contributed by atoms with Gasteiger partial charge in [0, 0.05) is 25.8 Å². The number of amides is 1. The van der Waals surface area contributed by atoms with Crippen LogP contribution in [0.15, 0.2) is 18.3 Å². The SMILES string of the molecule is Cc1cccnc1C(=O)N(C)C(C)CN.Cl.Cl. The zero-order chi connectivity index (χ0) is 11.4. The first-order valence-electron chi connectivity index (χ1n) is 4.96. The molecular formula is C11H19Cl2N3O. The molecule has 1 amide bonds. The maximum Gasteiger partial charge on any atom is 0.272 e. The van der Waals surface area contributed by atoms with Crippen LogP contribution in [0.3, 0.4) is 0 Å². The van der Waals surface area contributed by atoms with Crippen molar-refractivity contribution in [3.8, 4) is 0 Å². The number of halogens is 2. The van der Waals surface area contributed by atoms with E-state index in [0.717, 1.165) is 5.56 Å². The van der Waals surface area contributed by atoms with Gasteiger partial charge in [-0.25, -0.2) is 0 Å². The Hall–Kier alpha value is -0.840. The van der Waals surface area contributed by atoms with E-state index in [1.54, 1.807) is 18.1 Å². The minimum Gasteiger partial charge on any atom is -0.336 e. The van der Waals surface area contributed by atoms with Crippen molar-refractivity contribution in [1.29, 1.82) is 0 Å². The first-order chi connectivity index (χ1) is 7.07. The molecule has 0 spiro atoms. The van der Waals surface area contributed by atoms with E-state index in [2.05, 4.69) is 4.98 Å². The topological polar surface area (TPSA) is 59.2 Å². The molecule has 0 radical (unpaired) electrons. The largest absolute Gasteiger partial charge is 0.336 e. The van der Waals surface area contributed by atoms with Crippen molar-refractivity contribution < 1.29 is 4.79 Å². The number of aryl methyl sites for hydroxylation is 1. The van der Waals surface area contributed by atoms with Gasteiger partial charge >= 0.3 is 0 Å². The number of carbonyl (C=O) groups excluding carboxylic acids is 1. The first kappa shape index (κ1) is 18.5. The number of hydrogen-bond donors (Lipinski definition) is 1. The second-order valence-corrected chi connectivity index (χ2v) is 3.67. The molecule has 1 rings (SSSR count). The van der Waals surface area contributed by atoms with Gasteiger partial charge in [0.05, 0.1) is 0 Å². The predicted molar refractivity (Wildman–Crippen MR) is 74.1 cm³/mol. The van der Waals surface area contributed by atoms with Gasteiger partial charge in [0.25, 0.3) is 5.91 Å². The Kier molecular flexibility index (Phi) is 9.02. The molecule has 0 aliphatic carbocycles. The normalized spacial score (nSPS) is 10.8. The molecule has 0 saturated carbocycles. The third-order valence-electron chi connectivity index (χ3n) is 2.53. The van der Waals surface area contributed by atoms with E-state index in [4.69, 9.17) is 5.73 Å². The Morgan fingerprint density at radius 1 is 1.53 bits per heavy atom. The maximum absolute atomic E-state index is 12.0. The summed E-state index contributed by atoms with van der Waals surface area (Å²) in [4.78, 5) is 17.7. The average Bonchev–Trinajstić information content (AvgIpc) is 2.26. The molecule has 0 aliphatic rings. The second kappa shape index (κ2) is 8.28. The molecule has 0 fully saturated rings. The minimum absolute atomic E-state index is 0. The third kappa shape index (κ3) is 4.50. The highest BCUT2D eigenvalue weighted by Gasteiger charge is 2.18. The number of nitrogens with two attached hydrogens (primary N) is 1. The van der Waals surface area contributed by atoms with E-state index in [1.807, 2.05) is 26.0 Å². The van der Waals surface area contributed by atoms with E-state index in [-0.39, 0.29) is 36.8 Å². The fourth-order valence-electron chi connectivity index (χ4n) is 1.23. The van der Waals surface area contributed by atoms with Crippen LogP contribution >= 0.6 is 24.8 Å². The fraction of sp³-hybridized carbons (Fsp3) is 0.455. The van der Waals surface area contributed by atoms with Gasteiger partial charge in [-0.3, -0.25) is 9.78 Å². The quantitative estimate of drug-likeness (QED) is 0.916. The standard InChI is InChI=1S/C11H17N3O.2ClH/c1-8-5-4-6-13-10(8)11(15)14(3)9(2)7-12;;/h4-6,9H,7,12H2,1-3H3;2*1H. The molecule has 0 aromatic carbocycles. The lowest BCUT2D eigenvalue weighted by Gasteiger charge is -2.23. The van der Waals surface area contributed by atoms with Gasteiger partial charge in [0.2, 0.25) is 0 Å². The molecule has 1 atom stereocenters. The number of aromatic nitrogens is 1. The lowest BCUT2D eigenvalue weighted by Crippen LogP contribution is -2.40. The number of rotatable bonds is 3. The molecule has 1 aromatic rings. The maximum atomic E-state index is 12.0. The van der Waals surface area contributed by atoms with Crippen LogP contribution in [0.2, 0.25) is 0 Å². The van der Waals surface area contributed by atoms with Gasteiger partial charge in [0.1, 0.15) is 5.69 Å². The highest BCUT2D eigenvalue weighted by molar-refractivity contribution is 5.93. The number of pyridine rings is 1. The van der Waals surface area contributed by atoms with Crippen molar-refractivity contribution in [3.05, 3.63) is 29.6 Å². The summed E-state index contributed by atoms with van der Waals surface area (Å²) in [6.45, 7) is 4.24. The smallest absolute Gasteiger partial charge is 0.272 e. The monoisotopic (exact) mass is 279 g/mol. The van der Waals surface area contributed by atoms with Crippen molar-refractivity contribution >= 4 is 30.7 Å². The van der Waals surface area contributed by atoms with Gasteiger partial charge in [0.15, 0.2) is 0 Å². The van der Waals surface area contributed by atoms with Crippen molar-refractivity contribution in [1.82, 2.24) is 9.88 Å². The number of carbonyl (C=O) groups is 1. The minimum atomic E-state index is -0.0777. The van der Waals surface area contributed by atoms with Crippen LogP contribution in [-0.2, 0) is 0 Å². The van der Waals surface area contributed by atoms with Gasteiger partial charge in [-0.2, -0.15) is 0 Å². The second-order valence-electron chi connectivity index (χ2n) is 3.67. The molecule has 98 valence electrons. The molecule has 4 nitrogen and oxygen atoms in total.